The third kappa shape index (κ3) is 3.81. The number of anilines is 1. The van der Waals surface area contributed by atoms with Crippen LogP contribution in [0.3, 0.4) is 0 Å². The highest BCUT2D eigenvalue weighted by Gasteiger charge is 2.27. The number of morpholine rings is 1. The molecule has 0 spiro atoms. The second-order valence-electron chi connectivity index (χ2n) is 5.78. The van der Waals surface area contributed by atoms with Crippen molar-refractivity contribution in [1.82, 2.24) is 4.98 Å². The fraction of sp³-hybridized carbons (Fsp3) is 0.412. The van der Waals surface area contributed by atoms with Crippen LogP contribution >= 0.6 is 11.6 Å². The third-order valence-corrected chi connectivity index (χ3v) is 3.89. The molecule has 24 heavy (non-hydrogen) atoms. The van der Waals surface area contributed by atoms with Crippen molar-refractivity contribution in [3.8, 4) is 11.8 Å². The molecule has 0 amide bonds. The summed E-state index contributed by atoms with van der Waals surface area (Å²) >= 11 is 5.84. The topological polar surface area (TPSA) is 71.5 Å². The number of nitrogens with zero attached hydrogens (tertiary/aromatic N) is 3. The molecule has 0 unspecified atom stereocenters. The molecule has 1 aliphatic rings. The molecule has 0 aliphatic carbocycles. The molecule has 1 aliphatic heterocycles. The first kappa shape index (κ1) is 16.6. The van der Waals surface area contributed by atoms with Crippen LogP contribution in [0.5, 0.6) is 5.75 Å². The summed E-state index contributed by atoms with van der Waals surface area (Å²) in [5.74, 6) is 1.50. The van der Waals surface area contributed by atoms with E-state index in [4.69, 9.17) is 25.5 Å². The van der Waals surface area contributed by atoms with E-state index in [1.807, 2.05) is 18.7 Å². The van der Waals surface area contributed by atoms with Gasteiger partial charge < -0.3 is 18.8 Å². The van der Waals surface area contributed by atoms with E-state index in [1.165, 1.54) is 0 Å². The van der Waals surface area contributed by atoms with Gasteiger partial charge in [0.1, 0.15) is 11.8 Å². The zero-order valence-electron chi connectivity index (χ0n) is 13.5. The number of hydrogen-bond acceptors (Lipinski definition) is 6. The second-order valence-corrected chi connectivity index (χ2v) is 6.21. The summed E-state index contributed by atoms with van der Waals surface area (Å²) < 4.78 is 17.1. The zero-order chi connectivity index (χ0) is 17.1. The molecule has 2 heterocycles. The molecule has 2 atom stereocenters. The number of oxazole rings is 1. The van der Waals surface area contributed by atoms with Crippen molar-refractivity contribution >= 4 is 17.5 Å². The van der Waals surface area contributed by atoms with Crippen LogP contribution in [0.25, 0.3) is 0 Å². The summed E-state index contributed by atoms with van der Waals surface area (Å²) in [5, 5.41) is 9.97. The number of benzene rings is 1. The Hall–Kier alpha value is -2.23. The zero-order valence-corrected chi connectivity index (χ0v) is 14.3. The summed E-state index contributed by atoms with van der Waals surface area (Å²) in [7, 11) is 0. The van der Waals surface area contributed by atoms with Crippen LogP contribution < -0.4 is 9.64 Å². The average Bonchev–Trinajstić information content (AvgIpc) is 2.97. The van der Waals surface area contributed by atoms with Gasteiger partial charge in [-0.3, -0.25) is 0 Å². The van der Waals surface area contributed by atoms with Crippen LogP contribution in [0.1, 0.15) is 25.4 Å². The summed E-state index contributed by atoms with van der Waals surface area (Å²) in [6.07, 6.45) is 0.137. The molecule has 3 rings (SSSR count). The summed E-state index contributed by atoms with van der Waals surface area (Å²) in [4.78, 5) is 6.22. The van der Waals surface area contributed by atoms with Crippen molar-refractivity contribution < 1.29 is 13.9 Å². The molecule has 2 aromatic rings. The van der Waals surface area contributed by atoms with Gasteiger partial charge in [0.25, 0.3) is 0 Å². The number of halogens is 1. The minimum Gasteiger partial charge on any atom is -0.484 e. The lowest BCUT2D eigenvalue weighted by Crippen LogP contribution is -2.45. The third-order valence-electron chi connectivity index (χ3n) is 3.64. The van der Waals surface area contributed by atoms with Gasteiger partial charge in [-0.15, -0.1) is 0 Å². The Kier molecular flexibility index (Phi) is 4.93. The monoisotopic (exact) mass is 347 g/mol. The molecular weight excluding hydrogens is 330 g/mol. The van der Waals surface area contributed by atoms with Crippen LogP contribution in [-0.2, 0) is 11.3 Å². The van der Waals surface area contributed by atoms with E-state index in [1.54, 1.807) is 24.3 Å². The normalized spacial score (nSPS) is 20.7. The van der Waals surface area contributed by atoms with Gasteiger partial charge >= 0.3 is 0 Å². The van der Waals surface area contributed by atoms with E-state index in [9.17, 15) is 5.26 Å². The number of ether oxygens (including phenoxy) is 2. The molecule has 1 fully saturated rings. The Morgan fingerprint density at radius 1 is 1.29 bits per heavy atom. The van der Waals surface area contributed by atoms with E-state index in [0.29, 0.717) is 35.6 Å². The van der Waals surface area contributed by atoms with Gasteiger partial charge in [0.05, 0.1) is 12.2 Å². The van der Waals surface area contributed by atoms with Crippen molar-refractivity contribution in [3.63, 3.8) is 0 Å². The van der Waals surface area contributed by atoms with Crippen LogP contribution in [0, 0.1) is 11.3 Å². The van der Waals surface area contributed by atoms with Crippen LogP contribution in [0.2, 0.25) is 5.02 Å². The van der Waals surface area contributed by atoms with Crippen LogP contribution in [0.4, 0.5) is 5.88 Å². The molecule has 0 saturated carbocycles. The SMILES string of the molecule is C[C@H]1CN(c2oc(COc3ccc(Cl)cc3)nc2C#N)C[C@H](C)O1. The summed E-state index contributed by atoms with van der Waals surface area (Å²) in [6, 6.07) is 9.11. The Morgan fingerprint density at radius 3 is 2.58 bits per heavy atom. The largest absolute Gasteiger partial charge is 0.484 e. The predicted octanol–water partition coefficient (Wildman–Crippen LogP) is 3.39. The van der Waals surface area contributed by atoms with E-state index in [-0.39, 0.29) is 24.5 Å². The molecule has 0 N–H and O–H groups in total. The summed E-state index contributed by atoms with van der Waals surface area (Å²) in [6.45, 7) is 5.45. The second kappa shape index (κ2) is 7.12. The van der Waals surface area contributed by atoms with E-state index in [0.717, 1.165) is 0 Å². The van der Waals surface area contributed by atoms with Gasteiger partial charge in [0.2, 0.25) is 17.5 Å². The first-order chi connectivity index (χ1) is 11.5. The minimum atomic E-state index is 0.0687. The molecule has 1 aromatic heterocycles. The van der Waals surface area contributed by atoms with Crippen molar-refractivity contribution in [1.29, 1.82) is 5.26 Å². The fourth-order valence-electron chi connectivity index (χ4n) is 2.72. The molecule has 1 saturated heterocycles. The number of aromatic nitrogens is 1. The molecule has 0 radical (unpaired) electrons. The Labute approximate surface area is 145 Å². The van der Waals surface area contributed by atoms with Gasteiger partial charge in [-0.25, -0.2) is 0 Å². The van der Waals surface area contributed by atoms with E-state index >= 15 is 0 Å². The maximum atomic E-state index is 9.32. The highest BCUT2D eigenvalue weighted by molar-refractivity contribution is 6.30. The molecule has 0 bridgehead atoms. The minimum absolute atomic E-state index is 0.0687. The van der Waals surface area contributed by atoms with Gasteiger partial charge in [-0.2, -0.15) is 10.2 Å². The molecule has 6 nitrogen and oxygen atoms in total. The number of hydrogen-bond donors (Lipinski definition) is 0. The van der Waals surface area contributed by atoms with Gasteiger partial charge in [-0.05, 0) is 38.1 Å². The quantitative estimate of drug-likeness (QED) is 0.844. The molecular formula is C17H18ClN3O3. The van der Waals surface area contributed by atoms with Crippen molar-refractivity contribution in [3.05, 3.63) is 40.9 Å². The molecule has 1 aromatic carbocycles. The highest BCUT2D eigenvalue weighted by Crippen LogP contribution is 2.26. The van der Waals surface area contributed by atoms with E-state index < -0.39 is 0 Å². The van der Waals surface area contributed by atoms with Crippen molar-refractivity contribution in [2.24, 2.45) is 0 Å². The lowest BCUT2D eigenvalue weighted by atomic mass is 10.2. The Balaban J connectivity index is 1.73. The number of nitriles is 1. The Bertz CT molecular complexity index is 729. The first-order valence-corrected chi connectivity index (χ1v) is 8.11. The standard InChI is InChI=1S/C17H18ClN3O3/c1-11-8-21(9-12(2)23-11)17-15(7-19)20-16(24-17)10-22-14-5-3-13(18)4-6-14/h3-6,11-12H,8-10H2,1-2H3/t11-,12-/m0/s1. The molecule has 7 heteroatoms. The lowest BCUT2D eigenvalue weighted by molar-refractivity contribution is -0.00651. The maximum absolute atomic E-state index is 9.32. The van der Waals surface area contributed by atoms with E-state index in [2.05, 4.69) is 11.1 Å². The average molecular weight is 348 g/mol. The lowest BCUT2D eigenvalue weighted by Gasteiger charge is -2.34. The maximum Gasteiger partial charge on any atom is 0.236 e. The van der Waals surface area contributed by atoms with Crippen molar-refractivity contribution in [2.45, 2.75) is 32.7 Å². The van der Waals surface area contributed by atoms with Crippen LogP contribution in [0.15, 0.2) is 28.7 Å². The molecule has 126 valence electrons. The first-order valence-electron chi connectivity index (χ1n) is 7.73. The smallest absolute Gasteiger partial charge is 0.236 e. The summed E-state index contributed by atoms with van der Waals surface area (Å²) in [5.41, 5.74) is 0.269. The predicted molar refractivity (Wildman–Crippen MR) is 89.2 cm³/mol. The van der Waals surface area contributed by atoms with Crippen molar-refractivity contribution in [2.75, 3.05) is 18.0 Å². The Morgan fingerprint density at radius 2 is 1.96 bits per heavy atom. The fourth-order valence-corrected chi connectivity index (χ4v) is 2.85. The highest BCUT2D eigenvalue weighted by atomic mass is 35.5. The van der Waals surface area contributed by atoms with Gasteiger partial charge in [-0.1, -0.05) is 11.6 Å². The van der Waals surface area contributed by atoms with Gasteiger partial charge in [0.15, 0.2) is 6.61 Å². The van der Waals surface area contributed by atoms with Gasteiger partial charge in [0, 0.05) is 18.1 Å². The van der Waals surface area contributed by atoms with Crippen LogP contribution in [-0.4, -0.2) is 30.3 Å². The number of rotatable bonds is 4.